The summed E-state index contributed by atoms with van der Waals surface area (Å²) in [5, 5.41) is 8.39. The molecule has 0 fully saturated rings. The highest BCUT2D eigenvalue weighted by Crippen LogP contribution is 2.27. The van der Waals surface area contributed by atoms with Gasteiger partial charge in [0.2, 0.25) is 0 Å². The van der Waals surface area contributed by atoms with Crippen LogP contribution in [-0.2, 0) is 24.9 Å². The highest BCUT2D eigenvalue weighted by atomic mass is 16.5. The van der Waals surface area contributed by atoms with E-state index in [1.54, 1.807) is 19.6 Å². The molecule has 0 aliphatic carbocycles. The van der Waals surface area contributed by atoms with Gasteiger partial charge in [0.15, 0.2) is 0 Å². The molecule has 0 radical (unpaired) electrons. The maximum Gasteiger partial charge on any atom is 0.100 e. The normalized spacial score (nSPS) is 19.6. The van der Waals surface area contributed by atoms with Crippen LogP contribution in [0.4, 0.5) is 0 Å². The van der Waals surface area contributed by atoms with Crippen molar-refractivity contribution in [2.45, 2.75) is 19.0 Å². The SMILES string of the molecule is COC[C@@H]1CN(Cc2ccoc2)Cc2nnn(C)c21. The maximum atomic E-state index is 5.33. The second-order valence-electron chi connectivity index (χ2n) is 5.00. The third kappa shape index (κ3) is 2.41. The van der Waals surface area contributed by atoms with Gasteiger partial charge < -0.3 is 9.15 Å². The molecule has 19 heavy (non-hydrogen) atoms. The Bertz CT molecular complexity index is 535. The van der Waals surface area contributed by atoms with Gasteiger partial charge in [-0.2, -0.15) is 0 Å². The lowest BCUT2D eigenvalue weighted by atomic mass is 9.98. The molecule has 1 atom stereocenters. The first-order valence-corrected chi connectivity index (χ1v) is 6.38. The third-order valence-electron chi connectivity index (χ3n) is 3.54. The van der Waals surface area contributed by atoms with Gasteiger partial charge in [0.05, 0.1) is 24.8 Å². The van der Waals surface area contributed by atoms with Crippen LogP contribution in [0.5, 0.6) is 0 Å². The zero-order valence-electron chi connectivity index (χ0n) is 11.2. The van der Waals surface area contributed by atoms with Crippen molar-refractivity contribution in [1.82, 2.24) is 19.9 Å². The minimum atomic E-state index is 0.320. The Hall–Kier alpha value is -1.66. The lowest BCUT2D eigenvalue weighted by Gasteiger charge is -2.31. The van der Waals surface area contributed by atoms with E-state index in [0.717, 1.165) is 25.3 Å². The molecule has 3 heterocycles. The zero-order valence-corrected chi connectivity index (χ0v) is 11.2. The van der Waals surface area contributed by atoms with E-state index >= 15 is 0 Å². The molecule has 0 bridgehead atoms. The largest absolute Gasteiger partial charge is 0.472 e. The Balaban J connectivity index is 1.80. The summed E-state index contributed by atoms with van der Waals surface area (Å²) in [4.78, 5) is 2.35. The fourth-order valence-electron chi connectivity index (χ4n) is 2.79. The molecule has 102 valence electrons. The summed E-state index contributed by atoms with van der Waals surface area (Å²) < 4.78 is 12.3. The summed E-state index contributed by atoms with van der Waals surface area (Å²) in [6, 6.07) is 2.00. The fraction of sp³-hybridized carbons (Fsp3) is 0.538. The van der Waals surface area contributed by atoms with Gasteiger partial charge >= 0.3 is 0 Å². The van der Waals surface area contributed by atoms with Crippen molar-refractivity contribution in [2.75, 3.05) is 20.3 Å². The van der Waals surface area contributed by atoms with Crippen molar-refractivity contribution < 1.29 is 9.15 Å². The van der Waals surface area contributed by atoms with Gasteiger partial charge in [-0.3, -0.25) is 9.58 Å². The predicted octanol–water partition coefficient (Wildman–Crippen LogP) is 1.15. The quantitative estimate of drug-likeness (QED) is 0.827. The monoisotopic (exact) mass is 262 g/mol. The Labute approximate surface area is 112 Å². The van der Waals surface area contributed by atoms with E-state index in [0.29, 0.717) is 12.5 Å². The summed E-state index contributed by atoms with van der Waals surface area (Å²) >= 11 is 0. The number of nitrogens with zero attached hydrogens (tertiary/aromatic N) is 4. The number of hydrogen-bond acceptors (Lipinski definition) is 5. The minimum absolute atomic E-state index is 0.320. The first-order chi connectivity index (χ1) is 9.28. The summed E-state index contributed by atoms with van der Waals surface area (Å²) in [6.45, 7) is 3.34. The van der Waals surface area contributed by atoms with Crippen LogP contribution in [0, 0.1) is 0 Å². The molecule has 0 aromatic carbocycles. The van der Waals surface area contributed by atoms with Gasteiger partial charge in [0, 0.05) is 45.3 Å². The van der Waals surface area contributed by atoms with E-state index in [1.807, 2.05) is 17.8 Å². The summed E-state index contributed by atoms with van der Waals surface area (Å²) in [6.07, 6.45) is 3.50. The van der Waals surface area contributed by atoms with Gasteiger partial charge in [-0.1, -0.05) is 5.21 Å². The first-order valence-electron chi connectivity index (χ1n) is 6.38. The molecule has 0 N–H and O–H groups in total. The summed E-state index contributed by atoms with van der Waals surface area (Å²) in [7, 11) is 3.68. The first kappa shape index (κ1) is 12.4. The molecular weight excluding hydrogens is 244 g/mol. The molecule has 2 aromatic rings. The molecule has 1 aliphatic heterocycles. The smallest absolute Gasteiger partial charge is 0.100 e. The van der Waals surface area contributed by atoms with Crippen LogP contribution in [0.2, 0.25) is 0 Å². The van der Waals surface area contributed by atoms with Crippen molar-refractivity contribution in [1.29, 1.82) is 0 Å². The molecule has 6 nitrogen and oxygen atoms in total. The lowest BCUT2D eigenvalue weighted by Crippen LogP contribution is -2.35. The van der Waals surface area contributed by atoms with E-state index < -0.39 is 0 Å². The van der Waals surface area contributed by atoms with Crippen LogP contribution in [0.3, 0.4) is 0 Å². The van der Waals surface area contributed by atoms with Crippen molar-refractivity contribution in [2.24, 2.45) is 7.05 Å². The van der Waals surface area contributed by atoms with Crippen LogP contribution < -0.4 is 0 Å². The Kier molecular flexibility index (Phi) is 3.35. The Morgan fingerprint density at radius 3 is 3.16 bits per heavy atom. The van der Waals surface area contributed by atoms with Crippen molar-refractivity contribution in [3.05, 3.63) is 35.5 Å². The standard InChI is InChI=1S/C13H18N4O2/c1-16-13-11(9-18-2)6-17(7-12(13)14-15-16)5-10-3-4-19-8-10/h3-4,8,11H,5-7,9H2,1-2H3/t11-/m0/s1. The number of aryl methyl sites for hydroxylation is 1. The number of ether oxygens (including phenoxy) is 1. The van der Waals surface area contributed by atoms with Crippen LogP contribution in [0.1, 0.15) is 22.9 Å². The molecule has 1 aliphatic rings. The van der Waals surface area contributed by atoms with Gasteiger partial charge in [-0.25, -0.2) is 0 Å². The molecule has 0 saturated carbocycles. The van der Waals surface area contributed by atoms with Gasteiger partial charge in [-0.05, 0) is 6.07 Å². The number of hydrogen-bond donors (Lipinski definition) is 0. The van der Waals surface area contributed by atoms with Gasteiger partial charge in [-0.15, -0.1) is 5.10 Å². The molecule has 0 spiro atoms. The molecule has 2 aromatic heterocycles. The van der Waals surface area contributed by atoms with E-state index in [9.17, 15) is 0 Å². The van der Waals surface area contributed by atoms with Crippen LogP contribution >= 0.6 is 0 Å². The number of methoxy groups -OCH3 is 1. The van der Waals surface area contributed by atoms with Crippen LogP contribution in [0.15, 0.2) is 23.0 Å². The van der Waals surface area contributed by atoms with Gasteiger partial charge in [0.1, 0.15) is 5.69 Å². The lowest BCUT2D eigenvalue weighted by molar-refractivity contribution is 0.132. The molecule has 3 rings (SSSR count). The maximum absolute atomic E-state index is 5.33. The van der Waals surface area contributed by atoms with Crippen molar-refractivity contribution in [3.8, 4) is 0 Å². The molecule has 6 heteroatoms. The second kappa shape index (κ2) is 5.14. The number of rotatable bonds is 4. The topological polar surface area (TPSA) is 56.3 Å². The fourth-order valence-corrected chi connectivity index (χ4v) is 2.79. The van der Waals surface area contributed by atoms with Gasteiger partial charge in [0.25, 0.3) is 0 Å². The molecule has 0 unspecified atom stereocenters. The summed E-state index contributed by atoms with van der Waals surface area (Å²) in [5.74, 6) is 0.320. The van der Waals surface area contributed by atoms with E-state index in [4.69, 9.17) is 9.15 Å². The van der Waals surface area contributed by atoms with E-state index in [-0.39, 0.29) is 0 Å². The minimum Gasteiger partial charge on any atom is -0.472 e. The molecular formula is C13H18N4O2. The molecule has 0 amide bonds. The highest BCUT2D eigenvalue weighted by molar-refractivity contribution is 5.20. The van der Waals surface area contributed by atoms with E-state index in [2.05, 4.69) is 15.2 Å². The summed E-state index contributed by atoms with van der Waals surface area (Å²) in [5.41, 5.74) is 3.44. The highest BCUT2D eigenvalue weighted by Gasteiger charge is 2.29. The average Bonchev–Trinajstić information content (AvgIpc) is 3.00. The number of aromatic nitrogens is 3. The number of furan rings is 1. The molecule has 0 saturated heterocycles. The van der Waals surface area contributed by atoms with Crippen molar-refractivity contribution in [3.63, 3.8) is 0 Å². The number of fused-ring (bicyclic) bond motifs is 1. The predicted molar refractivity (Wildman–Crippen MR) is 68.4 cm³/mol. The van der Waals surface area contributed by atoms with Crippen LogP contribution in [-0.4, -0.2) is 40.2 Å². The van der Waals surface area contributed by atoms with Crippen LogP contribution in [0.25, 0.3) is 0 Å². The zero-order chi connectivity index (χ0) is 13.2. The average molecular weight is 262 g/mol. The Morgan fingerprint density at radius 1 is 1.53 bits per heavy atom. The van der Waals surface area contributed by atoms with E-state index in [1.165, 1.54) is 11.3 Å². The second-order valence-corrected chi connectivity index (χ2v) is 5.00. The Morgan fingerprint density at radius 2 is 2.42 bits per heavy atom. The third-order valence-corrected chi connectivity index (χ3v) is 3.54. The van der Waals surface area contributed by atoms with Crippen molar-refractivity contribution >= 4 is 0 Å².